The van der Waals surface area contributed by atoms with E-state index in [0.29, 0.717) is 12.5 Å². The quantitative estimate of drug-likeness (QED) is 0.639. The van der Waals surface area contributed by atoms with Gasteiger partial charge in [0.1, 0.15) is 0 Å². The molecule has 1 aromatic carbocycles. The van der Waals surface area contributed by atoms with E-state index in [1.165, 1.54) is 0 Å². The molecule has 0 unspecified atom stereocenters. The summed E-state index contributed by atoms with van der Waals surface area (Å²) in [5.74, 6) is 1.19. The Kier molecular flexibility index (Phi) is 5.07. The predicted octanol–water partition coefficient (Wildman–Crippen LogP) is 1.91. The lowest BCUT2D eigenvalue weighted by Gasteiger charge is -2.32. The fourth-order valence-corrected chi connectivity index (χ4v) is 3.20. The SMILES string of the molecule is CCNC(=O)Nc1nc2cc(-c3cnc(N4CCN(C)CC4)nc3)ccc2[nH]1. The number of benzene rings is 1. The molecular formula is C19H24N8O. The van der Waals surface area contributed by atoms with Crippen LogP contribution in [0, 0.1) is 0 Å². The van der Waals surface area contributed by atoms with Crippen molar-refractivity contribution in [2.75, 3.05) is 50.0 Å². The van der Waals surface area contributed by atoms with Gasteiger partial charge in [-0.15, -0.1) is 0 Å². The van der Waals surface area contributed by atoms with Crippen LogP contribution in [0.15, 0.2) is 30.6 Å². The molecule has 1 saturated heterocycles. The van der Waals surface area contributed by atoms with Crippen LogP contribution in [0.3, 0.4) is 0 Å². The molecule has 4 rings (SSSR count). The summed E-state index contributed by atoms with van der Waals surface area (Å²) in [6.07, 6.45) is 3.70. The molecule has 0 bridgehead atoms. The average Bonchev–Trinajstić information content (AvgIpc) is 3.10. The molecule has 3 heterocycles. The van der Waals surface area contributed by atoms with Crippen molar-refractivity contribution in [1.82, 2.24) is 30.2 Å². The van der Waals surface area contributed by atoms with Crippen molar-refractivity contribution >= 4 is 29.0 Å². The van der Waals surface area contributed by atoms with Gasteiger partial charge in [0.15, 0.2) is 0 Å². The molecule has 2 aromatic heterocycles. The zero-order chi connectivity index (χ0) is 19.5. The second kappa shape index (κ2) is 7.81. The molecule has 1 aliphatic heterocycles. The summed E-state index contributed by atoms with van der Waals surface area (Å²) in [4.78, 5) is 32.8. The highest BCUT2D eigenvalue weighted by Crippen LogP contribution is 2.24. The Morgan fingerprint density at radius 2 is 1.89 bits per heavy atom. The highest BCUT2D eigenvalue weighted by molar-refractivity contribution is 5.90. The van der Waals surface area contributed by atoms with Crippen molar-refractivity contribution in [2.45, 2.75) is 6.92 Å². The van der Waals surface area contributed by atoms with E-state index >= 15 is 0 Å². The molecule has 0 aliphatic carbocycles. The van der Waals surface area contributed by atoms with Crippen LogP contribution in [0.2, 0.25) is 0 Å². The lowest BCUT2D eigenvalue weighted by molar-refractivity contribution is 0.252. The van der Waals surface area contributed by atoms with Crippen molar-refractivity contribution in [3.05, 3.63) is 30.6 Å². The summed E-state index contributed by atoms with van der Waals surface area (Å²) < 4.78 is 0. The Morgan fingerprint density at radius 1 is 1.14 bits per heavy atom. The highest BCUT2D eigenvalue weighted by Gasteiger charge is 2.16. The first-order valence-electron chi connectivity index (χ1n) is 9.43. The molecule has 0 spiro atoms. The van der Waals surface area contributed by atoms with E-state index in [1.54, 1.807) is 0 Å². The van der Waals surface area contributed by atoms with Crippen LogP contribution in [0.5, 0.6) is 0 Å². The van der Waals surface area contributed by atoms with Crippen molar-refractivity contribution in [1.29, 1.82) is 0 Å². The van der Waals surface area contributed by atoms with E-state index in [1.807, 2.05) is 37.5 Å². The number of hydrogen-bond acceptors (Lipinski definition) is 6. The number of H-pyrrole nitrogens is 1. The van der Waals surface area contributed by atoms with Crippen LogP contribution in [-0.2, 0) is 0 Å². The van der Waals surface area contributed by atoms with Gasteiger partial charge in [-0.25, -0.2) is 19.7 Å². The van der Waals surface area contributed by atoms with Gasteiger partial charge in [0.25, 0.3) is 0 Å². The zero-order valence-electron chi connectivity index (χ0n) is 16.1. The molecule has 0 atom stereocenters. The molecule has 2 amide bonds. The van der Waals surface area contributed by atoms with E-state index in [2.05, 4.69) is 47.4 Å². The Bertz CT molecular complexity index is 960. The number of fused-ring (bicyclic) bond motifs is 1. The van der Waals surface area contributed by atoms with E-state index < -0.39 is 0 Å². The number of carbonyl (C=O) groups is 1. The van der Waals surface area contributed by atoms with Crippen molar-refractivity contribution in [2.24, 2.45) is 0 Å². The minimum atomic E-state index is -0.283. The lowest BCUT2D eigenvalue weighted by Crippen LogP contribution is -2.45. The van der Waals surface area contributed by atoms with Gasteiger partial charge in [-0.1, -0.05) is 6.07 Å². The first-order valence-corrected chi connectivity index (χ1v) is 9.43. The molecule has 0 radical (unpaired) electrons. The van der Waals surface area contributed by atoms with Crippen LogP contribution in [-0.4, -0.2) is 70.6 Å². The Balaban J connectivity index is 1.51. The Labute approximate surface area is 163 Å². The summed E-state index contributed by atoms with van der Waals surface area (Å²) in [6.45, 7) is 6.34. The fraction of sp³-hybridized carbons (Fsp3) is 0.368. The number of piperazine rings is 1. The maximum atomic E-state index is 11.7. The third-order valence-electron chi connectivity index (χ3n) is 4.81. The third-order valence-corrected chi connectivity index (χ3v) is 4.81. The number of likely N-dealkylation sites (N-methyl/N-ethyl adjacent to an activating group) is 1. The first-order chi connectivity index (χ1) is 13.6. The fourth-order valence-electron chi connectivity index (χ4n) is 3.20. The lowest BCUT2D eigenvalue weighted by atomic mass is 10.1. The summed E-state index contributed by atoms with van der Waals surface area (Å²) in [5.41, 5.74) is 3.53. The van der Waals surface area contributed by atoms with Gasteiger partial charge in [-0.05, 0) is 31.7 Å². The zero-order valence-corrected chi connectivity index (χ0v) is 16.1. The number of carbonyl (C=O) groups excluding carboxylic acids is 1. The molecule has 1 aliphatic rings. The van der Waals surface area contributed by atoms with Crippen LogP contribution < -0.4 is 15.5 Å². The minimum absolute atomic E-state index is 0.283. The Morgan fingerprint density at radius 3 is 2.61 bits per heavy atom. The highest BCUT2D eigenvalue weighted by atomic mass is 16.2. The van der Waals surface area contributed by atoms with Crippen molar-refractivity contribution in [3.8, 4) is 11.1 Å². The maximum absolute atomic E-state index is 11.7. The number of rotatable bonds is 4. The van der Waals surface area contributed by atoms with Crippen LogP contribution >= 0.6 is 0 Å². The van der Waals surface area contributed by atoms with Crippen LogP contribution in [0.25, 0.3) is 22.2 Å². The number of nitrogens with one attached hydrogen (secondary N) is 3. The standard InChI is InChI=1S/C19H24N8O/c1-3-20-19(28)25-17-23-15-5-4-13(10-16(15)24-17)14-11-21-18(22-12-14)27-8-6-26(2)7-9-27/h4-5,10-12H,3,6-9H2,1-2H3,(H3,20,23,24,25,28). The van der Waals surface area contributed by atoms with E-state index in [9.17, 15) is 4.79 Å². The molecule has 0 saturated carbocycles. The Hall–Kier alpha value is -3.20. The molecule has 146 valence electrons. The molecule has 3 N–H and O–H groups in total. The normalized spacial score (nSPS) is 15.0. The molecule has 28 heavy (non-hydrogen) atoms. The molecule has 9 heteroatoms. The number of nitrogens with zero attached hydrogens (tertiary/aromatic N) is 5. The molecule has 9 nitrogen and oxygen atoms in total. The molecular weight excluding hydrogens is 356 g/mol. The van der Waals surface area contributed by atoms with Gasteiger partial charge < -0.3 is 20.1 Å². The number of amides is 2. The largest absolute Gasteiger partial charge is 0.338 e. The van der Waals surface area contributed by atoms with Gasteiger partial charge in [-0.3, -0.25) is 5.32 Å². The van der Waals surface area contributed by atoms with Crippen molar-refractivity contribution in [3.63, 3.8) is 0 Å². The summed E-state index contributed by atoms with van der Waals surface area (Å²) in [6, 6.07) is 5.61. The smallest absolute Gasteiger partial charge is 0.321 e. The first kappa shape index (κ1) is 18.2. The van der Waals surface area contributed by atoms with Crippen molar-refractivity contribution < 1.29 is 4.79 Å². The number of imidazole rings is 1. The molecule has 3 aromatic rings. The second-order valence-electron chi connectivity index (χ2n) is 6.86. The van der Waals surface area contributed by atoms with E-state index in [4.69, 9.17) is 0 Å². The van der Waals surface area contributed by atoms with E-state index in [-0.39, 0.29) is 6.03 Å². The van der Waals surface area contributed by atoms with E-state index in [0.717, 1.165) is 54.3 Å². The monoisotopic (exact) mass is 380 g/mol. The topological polar surface area (TPSA) is 102 Å². The second-order valence-corrected chi connectivity index (χ2v) is 6.86. The summed E-state index contributed by atoms with van der Waals surface area (Å²) in [7, 11) is 2.13. The minimum Gasteiger partial charge on any atom is -0.338 e. The number of urea groups is 1. The maximum Gasteiger partial charge on any atom is 0.321 e. The number of hydrogen-bond donors (Lipinski definition) is 3. The summed E-state index contributed by atoms with van der Waals surface area (Å²) in [5, 5.41) is 5.37. The average molecular weight is 380 g/mol. The third kappa shape index (κ3) is 3.89. The molecule has 1 fully saturated rings. The van der Waals surface area contributed by atoms with Gasteiger partial charge in [0.2, 0.25) is 11.9 Å². The number of aromatic nitrogens is 4. The number of anilines is 2. The summed E-state index contributed by atoms with van der Waals surface area (Å²) >= 11 is 0. The number of aromatic amines is 1. The van der Waals surface area contributed by atoms with Gasteiger partial charge in [0.05, 0.1) is 11.0 Å². The van der Waals surface area contributed by atoms with Crippen LogP contribution in [0.4, 0.5) is 16.7 Å². The van der Waals surface area contributed by atoms with Gasteiger partial charge >= 0.3 is 6.03 Å². The van der Waals surface area contributed by atoms with Gasteiger partial charge in [-0.2, -0.15) is 0 Å². The van der Waals surface area contributed by atoms with Crippen LogP contribution in [0.1, 0.15) is 6.92 Å². The van der Waals surface area contributed by atoms with Gasteiger partial charge in [0, 0.05) is 50.7 Å². The predicted molar refractivity (Wildman–Crippen MR) is 110 cm³/mol.